The van der Waals surface area contributed by atoms with Crippen LogP contribution in [0.25, 0.3) is 0 Å². The molecule has 3 heteroatoms. The lowest BCUT2D eigenvalue weighted by atomic mass is 10.0. The van der Waals surface area contributed by atoms with Gasteiger partial charge in [-0.25, -0.2) is 0 Å². The fourth-order valence-electron chi connectivity index (χ4n) is 3.39. The Bertz CT molecular complexity index is 251. The molecule has 1 fully saturated rings. The Morgan fingerprint density at radius 3 is 1.67 bits per heavy atom. The Morgan fingerprint density at radius 2 is 1.21 bits per heavy atom. The van der Waals surface area contributed by atoms with Crippen LogP contribution in [0.4, 0.5) is 0 Å². The zero-order valence-electron chi connectivity index (χ0n) is 16.1. The summed E-state index contributed by atoms with van der Waals surface area (Å²) in [4.78, 5) is 0. The first-order chi connectivity index (χ1) is 11.9. The zero-order valence-corrected chi connectivity index (χ0v) is 16.1. The second-order valence-electron chi connectivity index (χ2n) is 7.47. The Kier molecular flexibility index (Phi) is 14.9. The maximum Gasteiger partial charge on any atom is 0.0839 e. The molecule has 0 aromatic heterocycles. The summed E-state index contributed by atoms with van der Waals surface area (Å²) in [6, 6.07) is 0. The Labute approximate surface area is 150 Å². The molecule has 1 N–H and O–H groups in total. The van der Waals surface area contributed by atoms with E-state index in [-0.39, 0.29) is 18.8 Å². The van der Waals surface area contributed by atoms with Gasteiger partial charge in [0.1, 0.15) is 0 Å². The van der Waals surface area contributed by atoms with Crippen molar-refractivity contribution in [1.82, 2.24) is 0 Å². The molecule has 0 amide bonds. The van der Waals surface area contributed by atoms with E-state index in [4.69, 9.17) is 14.6 Å². The number of hydrogen-bond donors (Lipinski definition) is 1. The molecule has 0 spiro atoms. The van der Waals surface area contributed by atoms with Crippen LogP contribution in [-0.4, -0.2) is 37.1 Å². The monoisotopic (exact) mass is 342 g/mol. The minimum absolute atomic E-state index is 0.0691. The SMILES string of the molecule is CCCCCCCCCCCCCCCCOC[C@@H]1C[C@@H](CO)O1. The van der Waals surface area contributed by atoms with Crippen LogP contribution in [-0.2, 0) is 9.47 Å². The molecule has 0 unspecified atom stereocenters. The number of aliphatic hydroxyl groups is 1. The van der Waals surface area contributed by atoms with Crippen LogP contribution in [0.5, 0.6) is 0 Å². The van der Waals surface area contributed by atoms with E-state index in [1.807, 2.05) is 0 Å². The van der Waals surface area contributed by atoms with Crippen molar-refractivity contribution in [2.24, 2.45) is 0 Å². The van der Waals surface area contributed by atoms with Gasteiger partial charge < -0.3 is 14.6 Å². The molecule has 1 rings (SSSR count). The molecule has 24 heavy (non-hydrogen) atoms. The van der Waals surface area contributed by atoms with Gasteiger partial charge in [-0.3, -0.25) is 0 Å². The summed E-state index contributed by atoms with van der Waals surface area (Å²) in [5.74, 6) is 0. The fourth-order valence-corrected chi connectivity index (χ4v) is 3.39. The summed E-state index contributed by atoms with van der Waals surface area (Å²) in [6.07, 6.45) is 20.8. The number of ether oxygens (including phenoxy) is 2. The molecule has 1 aliphatic rings. The fraction of sp³-hybridized carbons (Fsp3) is 1.00. The quantitative estimate of drug-likeness (QED) is 0.328. The first-order valence-electron chi connectivity index (χ1n) is 10.7. The van der Waals surface area contributed by atoms with Crippen molar-refractivity contribution in [3.63, 3.8) is 0 Å². The molecule has 2 atom stereocenters. The van der Waals surface area contributed by atoms with Crippen molar-refractivity contribution in [2.45, 2.75) is 115 Å². The summed E-state index contributed by atoms with van der Waals surface area (Å²) in [7, 11) is 0. The molecule has 1 saturated heterocycles. The highest BCUT2D eigenvalue weighted by Crippen LogP contribution is 2.20. The van der Waals surface area contributed by atoms with E-state index in [2.05, 4.69) is 6.92 Å². The van der Waals surface area contributed by atoms with E-state index < -0.39 is 0 Å². The standard InChI is InChI=1S/C21H42O3/c1-2-3-4-5-6-7-8-9-10-11-12-13-14-15-16-23-19-21-17-20(18-22)24-21/h20-22H,2-19H2,1H3/t20-,21-/m0/s1. The van der Waals surface area contributed by atoms with Crippen LogP contribution in [0.3, 0.4) is 0 Å². The first-order valence-corrected chi connectivity index (χ1v) is 10.7. The van der Waals surface area contributed by atoms with Crippen LogP contribution in [0.15, 0.2) is 0 Å². The van der Waals surface area contributed by atoms with E-state index in [1.165, 1.54) is 89.9 Å². The zero-order chi connectivity index (χ0) is 17.3. The lowest BCUT2D eigenvalue weighted by Crippen LogP contribution is -2.42. The van der Waals surface area contributed by atoms with Gasteiger partial charge >= 0.3 is 0 Å². The van der Waals surface area contributed by atoms with Crippen molar-refractivity contribution in [2.75, 3.05) is 19.8 Å². The van der Waals surface area contributed by atoms with E-state index >= 15 is 0 Å². The minimum atomic E-state index is 0.0691. The van der Waals surface area contributed by atoms with Crippen LogP contribution >= 0.6 is 0 Å². The first kappa shape index (κ1) is 21.9. The average Bonchev–Trinajstić information content (AvgIpc) is 2.56. The summed E-state index contributed by atoms with van der Waals surface area (Å²) >= 11 is 0. The Balaban J connectivity index is 1.64. The molecule has 1 aliphatic heterocycles. The summed E-state index contributed by atoms with van der Waals surface area (Å²) in [5.41, 5.74) is 0. The van der Waals surface area contributed by atoms with Crippen molar-refractivity contribution in [3.8, 4) is 0 Å². The number of hydrogen-bond acceptors (Lipinski definition) is 3. The summed E-state index contributed by atoms with van der Waals surface area (Å²) < 4.78 is 11.1. The average molecular weight is 343 g/mol. The van der Waals surface area contributed by atoms with Crippen molar-refractivity contribution in [1.29, 1.82) is 0 Å². The van der Waals surface area contributed by atoms with Crippen molar-refractivity contribution >= 4 is 0 Å². The van der Waals surface area contributed by atoms with Crippen molar-refractivity contribution in [3.05, 3.63) is 0 Å². The number of aliphatic hydroxyl groups excluding tert-OH is 1. The molecule has 144 valence electrons. The van der Waals surface area contributed by atoms with Gasteiger partial charge in [-0.1, -0.05) is 90.4 Å². The van der Waals surface area contributed by atoms with Gasteiger partial charge in [0, 0.05) is 13.0 Å². The van der Waals surface area contributed by atoms with Gasteiger partial charge in [0.25, 0.3) is 0 Å². The minimum Gasteiger partial charge on any atom is -0.394 e. The maximum atomic E-state index is 8.85. The van der Waals surface area contributed by atoms with Gasteiger partial charge in [0.15, 0.2) is 0 Å². The smallest absolute Gasteiger partial charge is 0.0839 e. The van der Waals surface area contributed by atoms with Gasteiger partial charge in [0.2, 0.25) is 0 Å². The molecular formula is C21H42O3. The third kappa shape index (κ3) is 12.3. The van der Waals surface area contributed by atoms with Crippen molar-refractivity contribution < 1.29 is 14.6 Å². The van der Waals surface area contributed by atoms with Gasteiger partial charge in [-0.15, -0.1) is 0 Å². The molecular weight excluding hydrogens is 300 g/mol. The van der Waals surface area contributed by atoms with Crippen LogP contribution in [0.2, 0.25) is 0 Å². The Hall–Kier alpha value is -0.120. The second kappa shape index (κ2) is 16.4. The van der Waals surface area contributed by atoms with E-state index in [1.54, 1.807) is 0 Å². The van der Waals surface area contributed by atoms with Crippen LogP contribution in [0.1, 0.15) is 103 Å². The summed E-state index contributed by atoms with van der Waals surface area (Å²) in [5, 5.41) is 8.85. The number of rotatable bonds is 18. The third-order valence-electron chi connectivity index (χ3n) is 5.06. The molecule has 0 aromatic carbocycles. The normalized spacial score (nSPS) is 20.2. The largest absolute Gasteiger partial charge is 0.394 e. The lowest BCUT2D eigenvalue weighted by molar-refractivity contribution is -0.165. The van der Waals surface area contributed by atoms with Crippen LogP contribution < -0.4 is 0 Å². The molecule has 0 bridgehead atoms. The lowest BCUT2D eigenvalue weighted by Gasteiger charge is -2.34. The van der Waals surface area contributed by atoms with Gasteiger partial charge in [-0.05, 0) is 6.42 Å². The van der Waals surface area contributed by atoms with Crippen LogP contribution in [0, 0.1) is 0 Å². The van der Waals surface area contributed by atoms with E-state index in [9.17, 15) is 0 Å². The highest BCUT2D eigenvalue weighted by Gasteiger charge is 2.28. The van der Waals surface area contributed by atoms with Gasteiger partial charge in [0.05, 0.1) is 25.4 Å². The molecule has 3 nitrogen and oxygen atoms in total. The molecule has 0 radical (unpaired) electrons. The predicted molar refractivity (Wildman–Crippen MR) is 101 cm³/mol. The third-order valence-corrected chi connectivity index (χ3v) is 5.06. The van der Waals surface area contributed by atoms with E-state index in [0.29, 0.717) is 6.61 Å². The maximum absolute atomic E-state index is 8.85. The summed E-state index contributed by atoms with van der Waals surface area (Å²) in [6.45, 7) is 4.00. The van der Waals surface area contributed by atoms with Gasteiger partial charge in [-0.2, -0.15) is 0 Å². The Morgan fingerprint density at radius 1 is 0.750 bits per heavy atom. The highest BCUT2D eigenvalue weighted by molar-refractivity contribution is 4.76. The molecule has 0 aromatic rings. The molecule has 0 aliphatic carbocycles. The van der Waals surface area contributed by atoms with E-state index in [0.717, 1.165) is 13.0 Å². The second-order valence-corrected chi connectivity index (χ2v) is 7.47. The highest BCUT2D eigenvalue weighted by atomic mass is 16.6. The predicted octanol–water partition coefficient (Wildman–Crippen LogP) is 5.63. The number of unbranched alkanes of at least 4 members (excludes halogenated alkanes) is 13. The molecule has 1 heterocycles. The topological polar surface area (TPSA) is 38.7 Å². The molecule has 0 saturated carbocycles.